The fraction of sp³-hybridized carbons (Fsp3) is 0.833. The lowest BCUT2D eigenvalue weighted by molar-refractivity contribution is 0.180. The molecule has 0 bridgehead atoms. The zero-order valence-corrected chi connectivity index (χ0v) is 10.0. The van der Waals surface area contributed by atoms with Gasteiger partial charge in [-0.2, -0.15) is 0 Å². The highest BCUT2D eigenvalue weighted by Gasteiger charge is 2.17. The van der Waals surface area contributed by atoms with Crippen LogP contribution >= 0.6 is 0 Å². The topological polar surface area (TPSA) is 15.3 Å². The molecule has 0 amide bonds. The van der Waals surface area contributed by atoms with E-state index >= 15 is 0 Å². The highest BCUT2D eigenvalue weighted by Crippen LogP contribution is 2.10. The van der Waals surface area contributed by atoms with E-state index in [2.05, 4.69) is 36.9 Å². The van der Waals surface area contributed by atoms with Crippen molar-refractivity contribution in [3.8, 4) is 12.3 Å². The summed E-state index contributed by atoms with van der Waals surface area (Å²) in [5.41, 5.74) is 0. The Morgan fingerprint density at radius 3 is 2.50 bits per heavy atom. The third-order valence-electron chi connectivity index (χ3n) is 2.73. The van der Waals surface area contributed by atoms with Gasteiger partial charge in [-0.25, -0.2) is 0 Å². The van der Waals surface area contributed by atoms with E-state index in [-0.39, 0.29) is 0 Å². The van der Waals surface area contributed by atoms with Crippen molar-refractivity contribution >= 4 is 0 Å². The predicted octanol–water partition coefficient (Wildman–Crippen LogP) is 1.58. The molecule has 0 aliphatic carbocycles. The van der Waals surface area contributed by atoms with Gasteiger partial charge in [0.15, 0.2) is 0 Å². The summed E-state index contributed by atoms with van der Waals surface area (Å²) in [4.78, 5) is 2.38. The first-order chi connectivity index (χ1) is 6.67. The summed E-state index contributed by atoms with van der Waals surface area (Å²) in [7, 11) is 1.99. The van der Waals surface area contributed by atoms with Gasteiger partial charge in [0, 0.05) is 6.04 Å². The zero-order chi connectivity index (χ0) is 11.0. The van der Waals surface area contributed by atoms with Crippen LogP contribution in [0.4, 0.5) is 0 Å². The molecule has 2 unspecified atom stereocenters. The van der Waals surface area contributed by atoms with Gasteiger partial charge in [0.05, 0.1) is 6.54 Å². The maximum absolute atomic E-state index is 5.36. The molecule has 1 N–H and O–H groups in total. The average molecular weight is 196 g/mol. The first-order valence-corrected chi connectivity index (χ1v) is 5.49. The first-order valence-electron chi connectivity index (χ1n) is 5.49. The molecule has 0 saturated carbocycles. The number of hydrogen-bond donors (Lipinski definition) is 1. The molecule has 82 valence electrons. The van der Waals surface area contributed by atoms with E-state index in [9.17, 15) is 0 Å². The van der Waals surface area contributed by atoms with E-state index in [1.165, 1.54) is 0 Å². The van der Waals surface area contributed by atoms with Gasteiger partial charge >= 0.3 is 0 Å². The zero-order valence-electron chi connectivity index (χ0n) is 10.0. The van der Waals surface area contributed by atoms with E-state index in [1.54, 1.807) is 0 Å². The fourth-order valence-electron chi connectivity index (χ4n) is 1.68. The maximum atomic E-state index is 5.36. The summed E-state index contributed by atoms with van der Waals surface area (Å²) in [5, 5.41) is 3.21. The molecular formula is C12H24N2. The van der Waals surface area contributed by atoms with Crippen LogP contribution in [0.1, 0.15) is 27.2 Å². The van der Waals surface area contributed by atoms with Gasteiger partial charge in [0.25, 0.3) is 0 Å². The minimum Gasteiger partial charge on any atom is -0.319 e. The van der Waals surface area contributed by atoms with E-state index in [0.29, 0.717) is 12.0 Å². The Kier molecular flexibility index (Phi) is 7.55. The van der Waals surface area contributed by atoms with E-state index in [1.807, 2.05) is 7.05 Å². The van der Waals surface area contributed by atoms with Crippen molar-refractivity contribution < 1.29 is 0 Å². The summed E-state index contributed by atoms with van der Waals surface area (Å²) in [6.45, 7) is 9.63. The van der Waals surface area contributed by atoms with Crippen molar-refractivity contribution in [1.82, 2.24) is 10.2 Å². The van der Waals surface area contributed by atoms with Gasteiger partial charge in [0.1, 0.15) is 0 Å². The van der Waals surface area contributed by atoms with Gasteiger partial charge in [-0.15, -0.1) is 6.42 Å². The van der Waals surface area contributed by atoms with Gasteiger partial charge in [-0.1, -0.05) is 19.8 Å². The molecule has 0 rings (SSSR count). The van der Waals surface area contributed by atoms with Crippen LogP contribution in [0.2, 0.25) is 0 Å². The normalized spacial score (nSPS) is 15.1. The highest BCUT2D eigenvalue weighted by molar-refractivity contribution is 4.90. The number of hydrogen-bond acceptors (Lipinski definition) is 2. The van der Waals surface area contributed by atoms with Crippen LogP contribution in [0.15, 0.2) is 0 Å². The summed E-state index contributed by atoms with van der Waals surface area (Å²) >= 11 is 0. The third-order valence-corrected chi connectivity index (χ3v) is 2.73. The van der Waals surface area contributed by atoms with Crippen molar-refractivity contribution in [3.05, 3.63) is 0 Å². The molecule has 0 radical (unpaired) electrons. The van der Waals surface area contributed by atoms with Gasteiger partial charge < -0.3 is 5.32 Å². The molecule has 2 atom stereocenters. The van der Waals surface area contributed by atoms with Crippen LogP contribution in [0.3, 0.4) is 0 Å². The van der Waals surface area contributed by atoms with Crippen LogP contribution in [-0.2, 0) is 0 Å². The van der Waals surface area contributed by atoms with Crippen molar-refractivity contribution in [3.63, 3.8) is 0 Å². The molecule has 2 nitrogen and oxygen atoms in total. The lowest BCUT2D eigenvalue weighted by Crippen LogP contribution is -2.41. The Morgan fingerprint density at radius 1 is 1.43 bits per heavy atom. The number of nitrogens with zero attached hydrogens (tertiary/aromatic N) is 1. The van der Waals surface area contributed by atoms with Crippen LogP contribution in [0, 0.1) is 18.3 Å². The Hall–Kier alpha value is -0.520. The molecule has 0 aromatic heterocycles. The smallest absolute Gasteiger partial charge is 0.0601 e. The first kappa shape index (κ1) is 13.5. The number of nitrogens with one attached hydrogen (secondary N) is 1. The quantitative estimate of drug-likeness (QED) is 0.622. The standard InChI is InChI=1S/C12H24N2/c1-6-8-14(9-7-2)12(4)11(3)10-13-5/h1,11-13H,7-10H2,2-5H3. The lowest BCUT2D eigenvalue weighted by Gasteiger charge is -2.31. The minimum atomic E-state index is 0.554. The van der Waals surface area contributed by atoms with Crippen LogP contribution in [0.25, 0.3) is 0 Å². The molecule has 2 heteroatoms. The molecule has 0 fully saturated rings. The number of rotatable bonds is 7. The average Bonchev–Trinajstić information content (AvgIpc) is 2.17. The van der Waals surface area contributed by atoms with Crippen molar-refractivity contribution in [2.24, 2.45) is 5.92 Å². The van der Waals surface area contributed by atoms with Gasteiger partial charge in [-0.3, -0.25) is 4.90 Å². The molecule has 0 heterocycles. The van der Waals surface area contributed by atoms with E-state index in [4.69, 9.17) is 6.42 Å². The van der Waals surface area contributed by atoms with Crippen LogP contribution in [-0.4, -0.2) is 37.6 Å². The molecule has 0 saturated heterocycles. The van der Waals surface area contributed by atoms with Gasteiger partial charge in [0.2, 0.25) is 0 Å². The summed E-state index contributed by atoms with van der Waals surface area (Å²) in [6, 6.07) is 0.554. The van der Waals surface area contributed by atoms with Crippen LogP contribution < -0.4 is 5.32 Å². The molecule has 0 aromatic rings. The monoisotopic (exact) mass is 196 g/mol. The fourth-order valence-corrected chi connectivity index (χ4v) is 1.68. The molecule has 14 heavy (non-hydrogen) atoms. The largest absolute Gasteiger partial charge is 0.319 e. The summed E-state index contributed by atoms with van der Waals surface area (Å²) < 4.78 is 0. The SMILES string of the molecule is C#CCN(CCC)C(C)C(C)CNC. The highest BCUT2D eigenvalue weighted by atomic mass is 15.1. The molecule has 0 aliphatic heterocycles. The molecular weight excluding hydrogens is 172 g/mol. The summed E-state index contributed by atoms with van der Waals surface area (Å²) in [6.07, 6.45) is 6.53. The van der Waals surface area contributed by atoms with Crippen LogP contribution in [0.5, 0.6) is 0 Å². The third kappa shape index (κ3) is 4.64. The Morgan fingerprint density at radius 2 is 2.07 bits per heavy atom. The molecule has 0 aliphatic rings. The Labute approximate surface area is 89.1 Å². The lowest BCUT2D eigenvalue weighted by atomic mass is 10.0. The molecule has 0 spiro atoms. The van der Waals surface area contributed by atoms with E-state index in [0.717, 1.165) is 26.1 Å². The number of terminal acetylenes is 1. The predicted molar refractivity (Wildman–Crippen MR) is 63.2 cm³/mol. The second kappa shape index (κ2) is 7.84. The van der Waals surface area contributed by atoms with Crippen molar-refractivity contribution in [2.45, 2.75) is 33.2 Å². The summed E-state index contributed by atoms with van der Waals surface area (Å²) in [5.74, 6) is 3.37. The molecule has 0 aromatic carbocycles. The van der Waals surface area contributed by atoms with Crippen molar-refractivity contribution in [1.29, 1.82) is 0 Å². The van der Waals surface area contributed by atoms with Crippen molar-refractivity contribution in [2.75, 3.05) is 26.7 Å². The van der Waals surface area contributed by atoms with E-state index < -0.39 is 0 Å². The van der Waals surface area contributed by atoms with Gasteiger partial charge in [-0.05, 0) is 39.4 Å². The second-order valence-corrected chi connectivity index (χ2v) is 3.95. The minimum absolute atomic E-state index is 0.554. The Bertz CT molecular complexity index is 172. The second-order valence-electron chi connectivity index (χ2n) is 3.95. The Balaban J connectivity index is 4.12. The maximum Gasteiger partial charge on any atom is 0.0601 e.